The van der Waals surface area contributed by atoms with Crippen LogP contribution in [0.3, 0.4) is 0 Å². The highest BCUT2D eigenvalue weighted by molar-refractivity contribution is 5.61. The summed E-state index contributed by atoms with van der Waals surface area (Å²) < 4.78 is 10.6. The summed E-state index contributed by atoms with van der Waals surface area (Å²) in [6, 6.07) is 12.0. The second kappa shape index (κ2) is 4.57. The number of aromatic nitrogens is 2. The highest BCUT2D eigenvalue weighted by Gasteiger charge is 2.44. The maximum atomic E-state index is 9.23. The zero-order valence-corrected chi connectivity index (χ0v) is 12.0. The largest absolute Gasteiger partial charge is 0.469 e. The van der Waals surface area contributed by atoms with Gasteiger partial charge in [0.1, 0.15) is 5.76 Å². The number of hydrogen-bond donors (Lipinski definition) is 0. The third-order valence-corrected chi connectivity index (χ3v) is 4.17. The van der Waals surface area contributed by atoms with Crippen LogP contribution < -0.4 is 0 Å². The lowest BCUT2D eigenvalue weighted by Gasteiger charge is -2.05. The zero-order chi connectivity index (χ0) is 15.2. The fraction of sp³-hybridized carbons (Fsp3) is 0.235. The van der Waals surface area contributed by atoms with E-state index in [1.165, 1.54) is 0 Å². The van der Waals surface area contributed by atoms with Gasteiger partial charge in [0.15, 0.2) is 0 Å². The van der Waals surface area contributed by atoms with Gasteiger partial charge in [-0.05, 0) is 43.5 Å². The van der Waals surface area contributed by atoms with Crippen molar-refractivity contribution in [1.82, 2.24) is 10.1 Å². The van der Waals surface area contributed by atoms with Crippen molar-refractivity contribution in [3.8, 4) is 28.9 Å². The second-order valence-electron chi connectivity index (χ2n) is 5.58. The fourth-order valence-electron chi connectivity index (χ4n) is 2.59. The average molecular weight is 291 g/mol. The van der Waals surface area contributed by atoms with Crippen molar-refractivity contribution in [1.29, 1.82) is 5.26 Å². The molecule has 0 amide bonds. The van der Waals surface area contributed by atoms with Gasteiger partial charge < -0.3 is 8.94 Å². The number of nitrogens with zero attached hydrogens (tertiary/aromatic N) is 3. The molecule has 2 aromatic heterocycles. The number of nitriles is 1. The summed E-state index contributed by atoms with van der Waals surface area (Å²) in [6.07, 6.45) is 3.48. The minimum Gasteiger partial charge on any atom is -0.469 e. The van der Waals surface area contributed by atoms with Crippen molar-refractivity contribution in [2.24, 2.45) is 0 Å². The number of rotatable bonds is 3. The van der Waals surface area contributed by atoms with Gasteiger partial charge in [-0.1, -0.05) is 17.3 Å². The smallest absolute Gasteiger partial charge is 0.258 e. The van der Waals surface area contributed by atoms with Crippen LogP contribution in [-0.4, -0.2) is 10.1 Å². The molecule has 1 aliphatic carbocycles. The molecule has 4 rings (SSSR count). The highest BCUT2D eigenvalue weighted by Crippen LogP contribution is 2.47. The molecule has 1 saturated carbocycles. The Kier molecular flexibility index (Phi) is 2.67. The van der Waals surface area contributed by atoms with Gasteiger partial charge in [-0.2, -0.15) is 10.2 Å². The van der Waals surface area contributed by atoms with Gasteiger partial charge in [0.05, 0.1) is 23.3 Å². The van der Waals surface area contributed by atoms with Crippen LogP contribution in [0.15, 0.2) is 45.5 Å². The molecular weight excluding hydrogens is 278 g/mol. The first-order valence-corrected chi connectivity index (χ1v) is 7.12. The van der Waals surface area contributed by atoms with Crippen LogP contribution in [0.5, 0.6) is 0 Å². The van der Waals surface area contributed by atoms with Crippen molar-refractivity contribution in [2.75, 3.05) is 0 Å². The molecule has 0 saturated heterocycles. The van der Waals surface area contributed by atoms with Crippen molar-refractivity contribution in [2.45, 2.75) is 25.2 Å². The summed E-state index contributed by atoms with van der Waals surface area (Å²) in [5, 5.41) is 13.2. The molecule has 0 atom stereocenters. The molecule has 5 heteroatoms. The predicted octanol–water partition coefficient (Wildman–Crippen LogP) is 3.86. The Labute approximate surface area is 127 Å². The lowest BCUT2D eigenvalue weighted by Crippen LogP contribution is -2.01. The van der Waals surface area contributed by atoms with E-state index in [1.807, 2.05) is 37.3 Å². The minimum absolute atomic E-state index is 0.271. The summed E-state index contributed by atoms with van der Waals surface area (Å²) in [7, 11) is 0. The third kappa shape index (κ3) is 1.92. The van der Waals surface area contributed by atoms with E-state index in [9.17, 15) is 5.26 Å². The molecule has 2 heterocycles. The van der Waals surface area contributed by atoms with Crippen molar-refractivity contribution in [3.63, 3.8) is 0 Å². The van der Waals surface area contributed by atoms with Crippen molar-refractivity contribution in [3.05, 3.63) is 47.9 Å². The van der Waals surface area contributed by atoms with Crippen LogP contribution in [0.1, 0.15) is 24.2 Å². The lowest BCUT2D eigenvalue weighted by molar-refractivity contribution is 0.432. The molecule has 0 N–H and O–H groups in total. The minimum atomic E-state index is -0.271. The number of benzene rings is 1. The summed E-state index contributed by atoms with van der Waals surface area (Å²) in [4.78, 5) is 4.41. The Bertz CT molecular complexity index is 864. The normalized spacial score (nSPS) is 15.5. The SMILES string of the molecule is Cc1occc1-c1noc(-c2ccc(C3(C#N)CC3)cc2)n1. The van der Waals surface area contributed by atoms with Crippen LogP contribution >= 0.6 is 0 Å². The molecule has 0 aliphatic heterocycles. The van der Waals surface area contributed by atoms with E-state index >= 15 is 0 Å². The molecule has 5 nitrogen and oxygen atoms in total. The molecule has 0 radical (unpaired) electrons. The van der Waals surface area contributed by atoms with E-state index in [4.69, 9.17) is 8.94 Å². The monoisotopic (exact) mass is 291 g/mol. The molecular formula is C17H13N3O2. The van der Waals surface area contributed by atoms with Gasteiger partial charge in [0.25, 0.3) is 5.89 Å². The number of furan rings is 1. The number of hydrogen-bond acceptors (Lipinski definition) is 5. The Morgan fingerprint density at radius 1 is 1.18 bits per heavy atom. The van der Waals surface area contributed by atoms with Crippen LogP contribution in [-0.2, 0) is 5.41 Å². The molecule has 0 unspecified atom stereocenters. The van der Waals surface area contributed by atoms with Crippen LogP contribution in [0.2, 0.25) is 0 Å². The molecule has 3 aromatic rings. The lowest BCUT2D eigenvalue weighted by atomic mass is 9.97. The molecule has 1 aliphatic rings. The van der Waals surface area contributed by atoms with Crippen LogP contribution in [0.4, 0.5) is 0 Å². The van der Waals surface area contributed by atoms with E-state index in [1.54, 1.807) is 6.26 Å². The van der Waals surface area contributed by atoms with Gasteiger partial charge in [0, 0.05) is 5.56 Å². The predicted molar refractivity (Wildman–Crippen MR) is 78.7 cm³/mol. The maximum absolute atomic E-state index is 9.23. The first kappa shape index (κ1) is 12.8. The maximum Gasteiger partial charge on any atom is 0.258 e. The van der Waals surface area contributed by atoms with Gasteiger partial charge in [0.2, 0.25) is 5.82 Å². The first-order chi connectivity index (χ1) is 10.7. The highest BCUT2D eigenvalue weighted by atomic mass is 16.5. The van der Waals surface area contributed by atoms with E-state index in [0.29, 0.717) is 11.7 Å². The quantitative estimate of drug-likeness (QED) is 0.732. The Morgan fingerprint density at radius 3 is 2.55 bits per heavy atom. The second-order valence-corrected chi connectivity index (χ2v) is 5.58. The van der Waals surface area contributed by atoms with E-state index in [-0.39, 0.29) is 5.41 Å². The van der Waals surface area contributed by atoms with Crippen molar-refractivity contribution < 1.29 is 8.94 Å². The molecule has 1 fully saturated rings. The number of aryl methyl sites for hydroxylation is 1. The van der Waals surface area contributed by atoms with Gasteiger partial charge in [-0.25, -0.2) is 0 Å². The van der Waals surface area contributed by atoms with E-state index in [0.717, 1.165) is 35.3 Å². The molecule has 22 heavy (non-hydrogen) atoms. The van der Waals surface area contributed by atoms with E-state index in [2.05, 4.69) is 16.2 Å². The molecule has 1 aromatic carbocycles. The molecule has 0 spiro atoms. The fourth-order valence-corrected chi connectivity index (χ4v) is 2.59. The summed E-state index contributed by atoms with van der Waals surface area (Å²) in [5.41, 5.74) is 2.46. The Morgan fingerprint density at radius 2 is 1.95 bits per heavy atom. The van der Waals surface area contributed by atoms with Gasteiger partial charge in [-0.15, -0.1) is 0 Å². The standard InChI is InChI=1S/C17H13N3O2/c1-11-14(6-9-21-11)15-19-16(22-20-15)12-2-4-13(5-3-12)17(10-18)7-8-17/h2-6,9H,7-8H2,1H3. The summed E-state index contributed by atoms with van der Waals surface area (Å²) >= 11 is 0. The van der Waals surface area contributed by atoms with E-state index < -0.39 is 0 Å². The zero-order valence-electron chi connectivity index (χ0n) is 12.0. The summed E-state index contributed by atoms with van der Waals surface area (Å²) in [6.45, 7) is 1.86. The van der Waals surface area contributed by atoms with Gasteiger partial charge >= 0.3 is 0 Å². The van der Waals surface area contributed by atoms with Crippen molar-refractivity contribution >= 4 is 0 Å². The van der Waals surface area contributed by atoms with Crippen LogP contribution in [0, 0.1) is 18.3 Å². The Hall–Kier alpha value is -2.87. The topological polar surface area (TPSA) is 75.8 Å². The molecule has 0 bridgehead atoms. The average Bonchev–Trinajstić information content (AvgIpc) is 2.99. The van der Waals surface area contributed by atoms with Gasteiger partial charge in [-0.3, -0.25) is 0 Å². The first-order valence-electron chi connectivity index (χ1n) is 7.12. The Balaban J connectivity index is 1.65. The third-order valence-electron chi connectivity index (χ3n) is 4.17. The summed E-state index contributed by atoms with van der Waals surface area (Å²) in [5.74, 6) is 1.73. The molecule has 108 valence electrons. The van der Waals surface area contributed by atoms with Crippen LogP contribution in [0.25, 0.3) is 22.8 Å².